The van der Waals surface area contributed by atoms with E-state index in [2.05, 4.69) is 4.98 Å². The smallest absolute Gasteiger partial charge is 0.326 e. The van der Waals surface area contributed by atoms with Gasteiger partial charge in [0.1, 0.15) is 16.5 Å². The molecule has 1 aromatic heterocycles. The van der Waals surface area contributed by atoms with Crippen molar-refractivity contribution < 1.29 is 21.6 Å². The maximum Gasteiger partial charge on any atom is 0.434 e. The summed E-state index contributed by atoms with van der Waals surface area (Å²) in [6.07, 6.45) is -3.67. The number of nitrogens with zero attached hydrogens (tertiary/aromatic N) is 2. The van der Waals surface area contributed by atoms with Gasteiger partial charge in [0.25, 0.3) is 0 Å². The van der Waals surface area contributed by atoms with Crippen molar-refractivity contribution in [2.24, 2.45) is 5.73 Å². The van der Waals surface area contributed by atoms with Crippen LogP contribution in [0.1, 0.15) is 16.8 Å². The van der Waals surface area contributed by atoms with Crippen molar-refractivity contribution in [3.63, 3.8) is 0 Å². The predicted molar refractivity (Wildman–Crippen MR) is 95.9 cm³/mol. The number of hydrogen-bond acceptors (Lipinski definition) is 4. The second-order valence-electron chi connectivity index (χ2n) is 5.88. The summed E-state index contributed by atoms with van der Waals surface area (Å²) < 4.78 is 62.6. The average Bonchev–Trinajstić information content (AvgIpc) is 3.08. The minimum atomic E-state index is -4.59. The summed E-state index contributed by atoms with van der Waals surface area (Å²) in [7, 11) is -2.58. The summed E-state index contributed by atoms with van der Waals surface area (Å²) >= 11 is 0. The van der Waals surface area contributed by atoms with Crippen LogP contribution in [-0.4, -0.2) is 18.0 Å². The zero-order valence-corrected chi connectivity index (χ0v) is 14.9. The van der Waals surface area contributed by atoms with Gasteiger partial charge in [0.05, 0.1) is 5.75 Å². The molecule has 0 spiro atoms. The van der Waals surface area contributed by atoms with Crippen LogP contribution in [-0.2, 0) is 29.2 Å². The van der Waals surface area contributed by atoms with Gasteiger partial charge in [0.15, 0.2) is 5.69 Å². The number of aromatic nitrogens is 2. The van der Waals surface area contributed by atoms with E-state index in [4.69, 9.17) is 5.73 Å². The number of benzene rings is 2. The number of imidazole rings is 1. The van der Waals surface area contributed by atoms with Crippen LogP contribution in [0.3, 0.4) is 0 Å². The first kappa shape index (κ1) is 19.1. The van der Waals surface area contributed by atoms with Crippen LogP contribution in [0.15, 0.2) is 54.7 Å². The van der Waals surface area contributed by atoms with Gasteiger partial charge in [-0.2, -0.15) is 13.2 Å². The first-order valence-corrected chi connectivity index (χ1v) is 9.31. The largest absolute Gasteiger partial charge is 0.434 e. The minimum Gasteiger partial charge on any atom is -0.326 e. The number of hydrogen-bond donors (Lipinski definition) is 2. The Hall–Kier alpha value is -2.65. The fraction of sp³-hybridized carbons (Fsp3) is 0.167. The quantitative estimate of drug-likeness (QED) is 0.651. The van der Waals surface area contributed by atoms with Crippen LogP contribution >= 0.6 is 0 Å². The number of halogens is 3. The van der Waals surface area contributed by atoms with Crippen molar-refractivity contribution in [1.29, 1.82) is 0 Å². The SMILES string of the molecule is NCc1cccc(-c2nc(C(F)(F)F)cn2-c2ccc(C[SH](=O)=O)cc2)c1. The molecule has 9 heteroatoms. The second kappa shape index (κ2) is 7.53. The predicted octanol–water partition coefficient (Wildman–Crippen LogP) is 3.13. The van der Waals surface area contributed by atoms with Crippen molar-refractivity contribution in [3.8, 4) is 17.1 Å². The van der Waals surface area contributed by atoms with Crippen molar-refractivity contribution in [1.82, 2.24) is 9.55 Å². The highest BCUT2D eigenvalue weighted by molar-refractivity contribution is 7.71. The van der Waals surface area contributed by atoms with Crippen molar-refractivity contribution >= 4 is 10.7 Å². The van der Waals surface area contributed by atoms with E-state index in [-0.39, 0.29) is 18.1 Å². The van der Waals surface area contributed by atoms with E-state index in [1.54, 1.807) is 48.5 Å². The number of nitrogens with two attached hydrogens (primary N) is 1. The molecule has 27 heavy (non-hydrogen) atoms. The number of rotatable bonds is 5. The van der Waals surface area contributed by atoms with Gasteiger partial charge < -0.3 is 5.73 Å². The molecule has 0 aliphatic rings. The van der Waals surface area contributed by atoms with E-state index in [9.17, 15) is 21.6 Å². The van der Waals surface area contributed by atoms with Gasteiger partial charge in [0.2, 0.25) is 0 Å². The molecule has 5 nitrogen and oxygen atoms in total. The third kappa shape index (κ3) is 4.37. The van der Waals surface area contributed by atoms with Gasteiger partial charge in [-0.15, -0.1) is 0 Å². The molecule has 142 valence electrons. The van der Waals surface area contributed by atoms with E-state index in [0.717, 1.165) is 11.8 Å². The Kier molecular flexibility index (Phi) is 5.33. The molecule has 0 saturated carbocycles. The molecule has 0 unspecified atom stereocenters. The Bertz CT molecular complexity index is 1020. The fourth-order valence-electron chi connectivity index (χ4n) is 2.67. The Balaban J connectivity index is 2.11. The lowest BCUT2D eigenvalue weighted by atomic mass is 10.1. The van der Waals surface area contributed by atoms with E-state index >= 15 is 0 Å². The normalized spacial score (nSPS) is 11.9. The second-order valence-corrected chi connectivity index (χ2v) is 6.86. The topological polar surface area (TPSA) is 78.0 Å². The molecule has 2 aromatic carbocycles. The summed E-state index contributed by atoms with van der Waals surface area (Å²) in [6.45, 7) is 0.253. The molecule has 0 aliphatic heterocycles. The van der Waals surface area contributed by atoms with Gasteiger partial charge in [-0.05, 0) is 29.3 Å². The summed E-state index contributed by atoms with van der Waals surface area (Å²) in [5.74, 6) is -0.000989. The molecule has 3 rings (SSSR count). The molecule has 3 aromatic rings. The van der Waals surface area contributed by atoms with Crippen LogP contribution in [0.4, 0.5) is 13.2 Å². The lowest BCUT2D eigenvalue weighted by Gasteiger charge is -2.09. The van der Waals surface area contributed by atoms with E-state index < -0.39 is 22.6 Å². The molecule has 1 heterocycles. The highest BCUT2D eigenvalue weighted by Gasteiger charge is 2.35. The molecule has 0 bridgehead atoms. The van der Waals surface area contributed by atoms with Gasteiger partial charge in [-0.25, -0.2) is 13.4 Å². The lowest BCUT2D eigenvalue weighted by Crippen LogP contribution is -2.05. The summed E-state index contributed by atoms with van der Waals surface area (Å²) in [5.41, 5.74) is 6.87. The van der Waals surface area contributed by atoms with Crippen LogP contribution in [0, 0.1) is 0 Å². The van der Waals surface area contributed by atoms with Crippen LogP contribution < -0.4 is 5.73 Å². The Morgan fingerprint density at radius 3 is 2.33 bits per heavy atom. The molecule has 0 amide bonds. The molecule has 2 N–H and O–H groups in total. The maximum absolute atomic E-state index is 13.2. The van der Waals surface area contributed by atoms with Crippen molar-refractivity contribution in [2.45, 2.75) is 18.5 Å². The van der Waals surface area contributed by atoms with Crippen molar-refractivity contribution in [2.75, 3.05) is 0 Å². The number of alkyl halides is 3. The number of thiol groups is 1. The highest BCUT2D eigenvalue weighted by atomic mass is 32.2. The molecule has 0 aliphatic carbocycles. The molecule has 0 fully saturated rings. The Morgan fingerprint density at radius 1 is 1.04 bits per heavy atom. The van der Waals surface area contributed by atoms with Crippen LogP contribution in [0.2, 0.25) is 0 Å². The first-order valence-electron chi connectivity index (χ1n) is 7.95. The zero-order chi connectivity index (χ0) is 19.6. The van der Waals surface area contributed by atoms with E-state index in [0.29, 0.717) is 16.8 Å². The van der Waals surface area contributed by atoms with E-state index in [1.807, 2.05) is 0 Å². The van der Waals surface area contributed by atoms with Crippen LogP contribution in [0.25, 0.3) is 17.1 Å². The molecular weight excluding hydrogens is 379 g/mol. The molecule has 0 saturated heterocycles. The highest BCUT2D eigenvalue weighted by Crippen LogP contribution is 2.32. The third-order valence-corrected chi connectivity index (χ3v) is 4.57. The summed E-state index contributed by atoms with van der Waals surface area (Å²) in [5, 5.41) is 0. The lowest BCUT2D eigenvalue weighted by molar-refractivity contribution is -0.140. The Labute approximate surface area is 155 Å². The van der Waals surface area contributed by atoms with Gasteiger partial charge in [-0.1, -0.05) is 30.3 Å². The van der Waals surface area contributed by atoms with Gasteiger partial charge in [-0.3, -0.25) is 4.57 Å². The van der Waals surface area contributed by atoms with Crippen LogP contribution in [0.5, 0.6) is 0 Å². The monoisotopic (exact) mass is 395 g/mol. The molecular formula is C18H16F3N3O2S. The zero-order valence-electron chi connectivity index (χ0n) is 14.0. The van der Waals surface area contributed by atoms with Crippen molar-refractivity contribution in [3.05, 3.63) is 71.5 Å². The van der Waals surface area contributed by atoms with Gasteiger partial charge >= 0.3 is 6.18 Å². The van der Waals surface area contributed by atoms with E-state index in [1.165, 1.54) is 4.57 Å². The minimum absolute atomic E-state index is 0.125. The maximum atomic E-state index is 13.2. The Morgan fingerprint density at radius 2 is 1.74 bits per heavy atom. The molecule has 0 radical (unpaired) electrons. The summed E-state index contributed by atoms with van der Waals surface area (Å²) in [6, 6.07) is 13.1. The third-order valence-electron chi connectivity index (χ3n) is 3.94. The standard InChI is InChI=1S/C18H16F3N3O2S/c19-18(20,21)16-10-24(15-6-4-12(5-7-15)11-27(25)26)17(23-16)14-3-1-2-13(8-14)9-22/h1-8,10,27H,9,11,22H2. The fourth-order valence-corrected chi connectivity index (χ4v) is 3.17. The summed E-state index contributed by atoms with van der Waals surface area (Å²) in [4.78, 5) is 3.77. The molecule has 0 atom stereocenters. The average molecular weight is 395 g/mol. The first-order chi connectivity index (χ1) is 12.8. The van der Waals surface area contributed by atoms with Gasteiger partial charge in [0, 0.05) is 24.0 Å².